The van der Waals surface area contributed by atoms with Gasteiger partial charge in [0.25, 0.3) is 0 Å². The summed E-state index contributed by atoms with van der Waals surface area (Å²) in [5.41, 5.74) is 9.96. The molecule has 3 N–H and O–H groups in total. The normalized spacial score (nSPS) is 9.83. The molecule has 2 aromatic rings. The third kappa shape index (κ3) is 2.11. The first-order chi connectivity index (χ1) is 8.63. The number of hydrogen-bond donors (Lipinski definition) is 2. The summed E-state index contributed by atoms with van der Waals surface area (Å²) in [4.78, 5) is 4.17. The predicted molar refractivity (Wildman–Crippen MR) is 72.6 cm³/mol. The Morgan fingerprint density at radius 2 is 2.06 bits per heavy atom. The molecular formula is C14H14N4. The van der Waals surface area contributed by atoms with E-state index in [1.165, 1.54) is 5.56 Å². The van der Waals surface area contributed by atoms with Crippen molar-refractivity contribution in [3.8, 4) is 6.07 Å². The Bertz CT molecular complexity index is 626. The molecule has 0 spiro atoms. The van der Waals surface area contributed by atoms with Crippen molar-refractivity contribution in [3.05, 3.63) is 47.2 Å². The Hall–Kier alpha value is -2.54. The second kappa shape index (κ2) is 4.76. The van der Waals surface area contributed by atoms with Crippen molar-refractivity contribution in [3.63, 3.8) is 0 Å². The molecule has 2 rings (SSSR count). The van der Waals surface area contributed by atoms with Crippen LogP contribution in [0.3, 0.4) is 0 Å². The van der Waals surface area contributed by atoms with Crippen LogP contribution in [0.1, 0.15) is 16.7 Å². The van der Waals surface area contributed by atoms with E-state index in [0.717, 1.165) is 11.3 Å². The van der Waals surface area contributed by atoms with Gasteiger partial charge in [-0.05, 0) is 37.1 Å². The van der Waals surface area contributed by atoms with Crippen LogP contribution in [-0.4, -0.2) is 4.98 Å². The van der Waals surface area contributed by atoms with Crippen LogP contribution in [0.15, 0.2) is 30.5 Å². The van der Waals surface area contributed by atoms with Crippen LogP contribution in [0.2, 0.25) is 0 Å². The van der Waals surface area contributed by atoms with Crippen molar-refractivity contribution in [2.75, 3.05) is 11.1 Å². The Morgan fingerprint density at radius 3 is 2.78 bits per heavy atom. The van der Waals surface area contributed by atoms with Gasteiger partial charge in [-0.25, -0.2) is 4.98 Å². The highest BCUT2D eigenvalue weighted by atomic mass is 15.0. The number of hydrogen-bond acceptors (Lipinski definition) is 4. The Labute approximate surface area is 106 Å². The van der Waals surface area contributed by atoms with Gasteiger partial charge in [0.2, 0.25) is 0 Å². The molecule has 1 heterocycles. The van der Waals surface area contributed by atoms with Crippen LogP contribution >= 0.6 is 0 Å². The first-order valence-electron chi connectivity index (χ1n) is 5.61. The smallest absolute Gasteiger partial charge is 0.154 e. The first kappa shape index (κ1) is 11.9. The number of pyridine rings is 1. The molecular weight excluding hydrogens is 224 g/mol. The molecule has 0 fully saturated rings. The van der Waals surface area contributed by atoms with Crippen molar-refractivity contribution < 1.29 is 0 Å². The molecule has 1 aromatic heterocycles. The lowest BCUT2D eigenvalue weighted by Gasteiger charge is -2.12. The van der Waals surface area contributed by atoms with Crippen LogP contribution in [0.25, 0.3) is 0 Å². The van der Waals surface area contributed by atoms with E-state index in [2.05, 4.69) is 10.3 Å². The molecule has 0 amide bonds. The summed E-state index contributed by atoms with van der Waals surface area (Å²) >= 11 is 0. The molecule has 0 unspecified atom stereocenters. The summed E-state index contributed by atoms with van der Waals surface area (Å²) in [5, 5.41) is 12.1. The number of aryl methyl sites for hydroxylation is 1. The number of nitrogens with zero attached hydrogens (tertiary/aromatic N) is 2. The van der Waals surface area contributed by atoms with Gasteiger partial charge < -0.3 is 11.1 Å². The molecule has 18 heavy (non-hydrogen) atoms. The van der Waals surface area contributed by atoms with E-state index in [-0.39, 0.29) is 0 Å². The lowest BCUT2D eigenvalue weighted by Crippen LogP contribution is -2.02. The third-order valence-corrected chi connectivity index (χ3v) is 2.97. The molecule has 0 aliphatic rings. The van der Waals surface area contributed by atoms with Gasteiger partial charge >= 0.3 is 0 Å². The van der Waals surface area contributed by atoms with Crippen molar-refractivity contribution >= 4 is 17.2 Å². The van der Waals surface area contributed by atoms with Gasteiger partial charge in [-0.2, -0.15) is 5.26 Å². The minimum Gasteiger partial charge on any atom is -0.395 e. The summed E-state index contributed by atoms with van der Waals surface area (Å²) in [6.45, 7) is 4.07. The standard InChI is InChI=1S/C14H14N4/c1-9-4-3-5-12(10(9)2)18-14-13(16)11(8-15)6-7-17-14/h3-7H,16H2,1-2H3,(H,17,18). The summed E-state index contributed by atoms with van der Waals surface area (Å²) in [7, 11) is 0. The second-order valence-corrected chi connectivity index (χ2v) is 4.11. The van der Waals surface area contributed by atoms with Gasteiger partial charge in [-0.3, -0.25) is 0 Å². The van der Waals surface area contributed by atoms with E-state index in [0.29, 0.717) is 17.1 Å². The van der Waals surface area contributed by atoms with E-state index in [4.69, 9.17) is 11.0 Å². The maximum absolute atomic E-state index is 8.92. The number of benzene rings is 1. The molecule has 0 saturated carbocycles. The number of aromatic nitrogens is 1. The summed E-state index contributed by atoms with van der Waals surface area (Å²) in [6.07, 6.45) is 1.57. The van der Waals surface area contributed by atoms with E-state index < -0.39 is 0 Å². The summed E-state index contributed by atoms with van der Waals surface area (Å²) < 4.78 is 0. The molecule has 0 atom stereocenters. The SMILES string of the molecule is Cc1cccc(Nc2nccc(C#N)c2N)c1C. The average molecular weight is 238 g/mol. The van der Waals surface area contributed by atoms with Crippen molar-refractivity contribution in [1.29, 1.82) is 5.26 Å². The Kier molecular flexibility index (Phi) is 3.16. The van der Waals surface area contributed by atoms with Gasteiger partial charge in [-0.1, -0.05) is 12.1 Å². The quantitative estimate of drug-likeness (QED) is 0.843. The van der Waals surface area contributed by atoms with E-state index in [1.807, 2.05) is 38.1 Å². The Morgan fingerprint density at radius 1 is 1.28 bits per heavy atom. The molecule has 0 saturated heterocycles. The average Bonchev–Trinajstić information content (AvgIpc) is 2.37. The monoisotopic (exact) mass is 238 g/mol. The van der Waals surface area contributed by atoms with Crippen molar-refractivity contribution in [2.45, 2.75) is 13.8 Å². The summed E-state index contributed by atoms with van der Waals surface area (Å²) in [6, 6.07) is 9.62. The molecule has 1 aromatic carbocycles. The molecule has 4 heteroatoms. The number of anilines is 3. The minimum atomic E-state index is 0.376. The molecule has 4 nitrogen and oxygen atoms in total. The molecule has 0 aliphatic carbocycles. The summed E-state index contributed by atoms with van der Waals surface area (Å²) in [5.74, 6) is 0.516. The molecule has 90 valence electrons. The zero-order chi connectivity index (χ0) is 13.1. The van der Waals surface area contributed by atoms with Crippen LogP contribution < -0.4 is 11.1 Å². The predicted octanol–water partition coefficient (Wildman–Crippen LogP) is 2.90. The third-order valence-electron chi connectivity index (χ3n) is 2.97. The fourth-order valence-corrected chi connectivity index (χ4v) is 1.68. The highest BCUT2D eigenvalue weighted by molar-refractivity contribution is 5.75. The van der Waals surface area contributed by atoms with Gasteiger partial charge in [0, 0.05) is 11.9 Å². The number of rotatable bonds is 2. The Balaban J connectivity index is 2.41. The molecule has 0 bridgehead atoms. The number of nitrogens with one attached hydrogen (secondary N) is 1. The number of nitrogens with two attached hydrogens (primary N) is 1. The van der Waals surface area contributed by atoms with E-state index >= 15 is 0 Å². The number of nitrogen functional groups attached to an aromatic ring is 1. The highest BCUT2D eigenvalue weighted by Crippen LogP contribution is 2.26. The fourth-order valence-electron chi connectivity index (χ4n) is 1.68. The lowest BCUT2D eigenvalue weighted by molar-refractivity contribution is 1.27. The second-order valence-electron chi connectivity index (χ2n) is 4.11. The maximum atomic E-state index is 8.92. The van der Waals surface area contributed by atoms with E-state index in [9.17, 15) is 0 Å². The zero-order valence-electron chi connectivity index (χ0n) is 10.4. The van der Waals surface area contributed by atoms with Crippen molar-refractivity contribution in [1.82, 2.24) is 4.98 Å². The zero-order valence-corrected chi connectivity index (χ0v) is 10.4. The van der Waals surface area contributed by atoms with Crippen LogP contribution in [0.5, 0.6) is 0 Å². The first-order valence-corrected chi connectivity index (χ1v) is 5.61. The molecule has 0 aliphatic heterocycles. The van der Waals surface area contributed by atoms with Crippen LogP contribution in [0, 0.1) is 25.2 Å². The maximum Gasteiger partial charge on any atom is 0.154 e. The van der Waals surface area contributed by atoms with E-state index in [1.54, 1.807) is 12.3 Å². The van der Waals surface area contributed by atoms with Gasteiger partial charge in [0.05, 0.1) is 11.3 Å². The number of nitriles is 1. The highest BCUT2D eigenvalue weighted by Gasteiger charge is 2.07. The molecule has 0 radical (unpaired) electrons. The van der Waals surface area contributed by atoms with Crippen LogP contribution in [-0.2, 0) is 0 Å². The fraction of sp³-hybridized carbons (Fsp3) is 0.143. The lowest BCUT2D eigenvalue weighted by atomic mass is 10.1. The minimum absolute atomic E-state index is 0.376. The largest absolute Gasteiger partial charge is 0.395 e. The topological polar surface area (TPSA) is 74.7 Å². The van der Waals surface area contributed by atoms with Gasteiger partial charge in [0.1, 0.15) is 6.07 Å². The van der Waals surface area contributed by atoms with Gasteiger partial charge in [-0.15, -0.1) is 0 Å². The van der Waals surface area contributed by atoms with Crippen molar-refractivity contribution in [2.24, 2.45) is 0 Å². The van der Waals surface area contributed by atoms with Gasteiger partial charge in [0.15, 0.2) is 5.82 Å². The van der Waals surface area contributed by atoms with Crippen LogP contribution in [0.4, 0.5) is 17.2 Å².